The molecule has 1 aromatic rings. The molecule has 6 heteroatoms. The third kappa shape index (κ3) is 3.93. The van der Waals surface area contributed by atoms with E-state index in [1.807, 2.05) is 0 Å². The minimum Gasteiger partial charge on any atom is -0.398 e. The Kier molecular flexibility index (Phi) is 4.82. The van der Waals surface area contributed by atoms with E-state index in [2.05, 4.69) is 16.6 Å². The quantitative estimate of drug-likeness (QED) is 0.497. The Hall–Kier alpha value is -1.22. The molecular formula is C11H13ClN2O2S. The summed E-state index contributed by atoms with van der Waals surface area (Å²) < 4.78 is 26.2. The van der Waals surface area contributed by atoms with E-state index >= 15 is 0 Å². The second-order valence-corrected chi connectivity index (χ2v) is 5.43. The Morgan fingerprint density at radius 2 is 2.18 bits per heavy atom. The summed E-state index contributed by atoms with van der Waals surface area (Å²) in [6.07, 6.45) is 0.455. The number of hydrogen-bond acceptors (Lipinski definition) is 3. The second-order valence-electron chi connectivity index (χ2n) is 3.26. The van der Waals surface area contributed by atoms with Crippen LogP contribution in [0.4, 0.5) is 5.69 Å². The summed E-state index contributed by atoms with van der Waals surface area (Å²) in [6, 6.07) is 4.33. The largest absolute Gasteiger partial charge is 0.398 e. The van der Waals surface area contributed by atoms with Crippen molar-refractivity contribution in [1.82, 2.24) is 4.72 Å². The van der Waals surface area contributed by atoms with Gasteiger partial charge in [-0.3, -0.25) is 0 Å². The zero-order valence-corrected chi connectivity index (χ0v) is 10.9. The van der Waals surface area contributed by atoms with Crippen molar-refractivity contribution in [2.45, 2.75) is 18.2 Å². The van der Waals surface area contributed by atoms with E-state index in [0.717, 1.165) is 0 Å². The highest BCUT2D eigenvalue weighted by Gasteiger charge is 2.16. The molecule has 4 nitrogen and oxygen atoms in total. The maximum atomic E-state index is 11.9. The van der Waals surface area contributed by atoms with Gasteiger partial charge < -0.3 is 5.73 Å². The fraction of sp³-hybridized carbons (Fsp3) is 0.273. The second kappa shape index (κ2) is 5.92. The maximum Gasteiger partial charge on any atom is 0.242 e. The molecule has 17 heavy (non-hydrogen) atoms. The molecule has 0 spiro atoms. The van der Waals surface area contributed by atoms with Gasteiger partial charge in [0.1, 0.15) is 4.90 Å². The highest BCUT2D eigenvalue weighted by molar-refractivity contribution is 7.89. The summed E-state index contributed by atoms with van der Waals surface area (Å²) in [5.74, 6) is 5.45. The monoisotopic (exact) mass is 272 g/mol. The van der Waals surface area contributed by atoms with Crippen molar-refractivity contribution in [2.75, 3.05) is 12.3 Å². The number of hydrogen-bond donors (Lipinski definition) is 2. The molecule has 0 unspecified atom stereocenters. The van der Waals surface area contributed by atoms with Crippen LogP contribution in [0, 0.1) is 11.8 Å². The molecule has 0 bridgehead atoms. The first kappa shape index (κ1) is 13.8. The van der Waals surface area contributed by atoms with Crippen LogP contribution >= 0.6 is 11.6 Å². The van der Waals surface area contributed by atoms with E-state index < -0.39 is 10.0 Å². The average molecular weight is 273 g/mol. The molecule has 0 heterocycles. The van der Waals surface area contributed by atoms with Gasteiger partial charge in [0.25, 0.3) is 0 Å². The van der Waals surface area contributed by atoms with E-state index in [4.69, 9.17) is 17.3 Å². The van der Waals surface area contributed by atoms with E-state index in [0.29, 0.717) is 11.4 Å². The van der Waals surface area contributed by atoms with Gasteiger partial charge in [-0.25, -0.2) is 13.1 Å². The van der Waals surface area contributed by atoms with E-state index in [9.17, 15) is 8.42 Å². The average Bonchev–Trinajstić information content (AvgIpc) is 2.28. The molecule has 0 aliphatic rings. The summed E-state index contributed by atoms with van der Waals surface area (Å²) in [5, 5.41) is 0.327. The number of benzene rings is 1. The number of nitrogens with one attached hydrogen (secondary N) is 1. The van der Waals surface area contributed by atoms with Crippen molar-refractivity contribution in [3.8, 4) is 11.8 Å². The zero-order chi connectivity index (χ0) is 12.9. The summed E-state index contributed by atoms with van der Waals surface area (Å²) >= 11 is 5.74. The molecule has 0 atom stereocenters. The summed E-state index contributed by atoms with van der Waals surface area (Å²) in [7, 11) is -3.62. The van der Waals surface area contributed by atoms with Crippen molar-refractivity contribution in [1.29, 1.82) is 0 Å². The Bertz CT molecular complexity index is 559. The SMILES string of the molecule is CC#CCCNS(=O)(=O)c1cc(Cl)ccc1N. The topological polar surface area (TPSA) is 72.2 Å². The zero-order valence-electron chi connectivity index (χ0n) is 9.33. The van der Waals surface area contributed by atoms with Gasteiger partial charge in [-0.1, -0.05) is 11.6 Å². The molecule has 1 rings (SSSR count). The van der Waals surface area contributed by atoms with Crippen molar-refractivity contribution in [3.63, 3.8) is 0 Å². The van der Waals surface area contributed by atoms with Gasteiger partial charge in [-0.05, 0) is 25.1 Å². The number of sulfonamides is 1. The van der Waals surface area contributed by atoms with Crippen molar-refractivity contribution in [3.05, 3.63) is 23.2 Å². The Morgan fingerprint density at radius 3 is 2.82 bits per heavy atom. The summed E-state index contributed by atoms with van der Waals surface area (Å²) in [5.41, 5.74) is 5.77. The highest BCUT2D eigenvalue weighted by atomic mass is 35.5. The number of nitrogen functional groups attached to an aromatic ring is 1. The minimum atomic E-state index is -3.62. The molecule has 1 aromatic carbocycles. The lowest BCUT2D eigenvalue weighted by atomic mass is 10.3. The van der Waals surface area contributed by atoms with Gasteiger partial charge in [-0.15, -0.1) is 11.8 Å². The van der Waals surface area contributed by atoms with Gasteiger partial charge in [-0.2, -0.15) is 0 Å². The van der Waals surface area contributed by atoms with Gasteiger partial charge in [0.2, 0.25) is 10.0 Å². The normalized spacial score (nSPS) is 10.7. The predicted octanol–water partition coefficient (Wildman–Crippen LogP) is 1.61. The third-order valence-electron chi connectivity index (χ3n) is 1.98. The Labute approximate surface area is 106 Å². The van der Waals surface area contributed by atoms with Gasteiger partial charge >= 0.3 is 0 Å². The van der Waals surface area contributed by atoms with E-state index in [1.54, 1.807) is 13.0 Å². The number of anilines is 1. The van der Waals surface area contributed by atoms with Crippen LogP contribution in [0.2, 0.25) is 5.02 Å². The van der Waals surface area contributed by atoms with Crippen LogP contribution in [0.1, 0.15) is 13.3 Å². The van der Waals surface area contributed by atoms with Crippen LogP contribution < -0.4 is 10.5 Å². The molecule has 0 saturated carbocycles. The van der Waals surface area contributed by atoms with Gasteiger partial charge in [0, 0.05) is 18.0 Å². The van der Waals surface area contributed by atoms with Gasteiger partial charge in [0.05, 0.1) is 5.69 Å². The minimum absolute atomic E-state index is 0.00513. The first-order valence-corrected chi connectivity index (χ1v) is 6.78. The van der Waals surface area contributed by atoms with E-state index in [-0.39, 0.29) is 17.1 Å². The van der Waals surface area contributed by atoms with Crippen LogP contribution in [0.5, 0.6) is 0 Å². The Morgan fingerprint density at radius 1 is 1.47 bits per heavy atom. The fourth-order valence-electron chi connectivity index (χ4n) is 1.19. The van der Waals surface area contributed by atoms with Crippen molar-refractivity contribution >= 4 is 27.3 Å². The van der Waals surface area contributed by atoms with Crippen molar-refractivity contribution in [2.24, 2.45) is 0 Å². The lowest BCUT2D eigenvalue weighted by molar-refractivity contribution is 0.583. The standard InChI is InChI=1S/C11H13ClN2O2S/c1-2-3-4-7-14-17(15,16)11-8-9(12)5-6-10(11)13/h5-6,8,14H,4,7,13H2,1H3. The number of halogens is 1. The third-order valence-corrected chi connectivity index (χ3v) is 3.74. The molecule has 0 fully saturated rings. The maximum absolute atomic E-state index is 11.9. The molecule has 3 N–H and O–H groups in total. The summed E-state index contributed by atoms with van der Waals surface area (Å²) in [6.45, 7) is 1.94. The Balaban J connectivity index is 2.88. The fourth-order valence-corrected chi connectivity index (χ4v) is 2.62. The first-order chi connectivity index (χ1) is 7.97. The molecule has 92 valence electrons. The van der Waals surface area contributed by atoms with Crippen LogP contribution in [0.25, 0.3) is 0 Å². The smallest absolute Gasteiger partial charge is 0.242 e. The van der Waals surface area contributed by atoms with Crippen LogP contribution in [-0.2, 0) is 10.0 Å². The molecule has 0 radical (unpaired) electrons. The van der Waals surface area contributed by atoms with Crippen LogP contribution in [-0.4, -0.2) is 15.0 Å². The molecule has 0 aliphatic carbocycles. The van der Waals surface area contributed by atoms with Crippen molar-refractivity contribution < 1.29 is 8.42 Å². The molecule has 0 aliphatic heterocycles. The lowest BCUT2D eigenvalue weighted by Gasteiger charge is -2.08. The van der Waals surface area contributed by atoms with E-state index in [1.165, 1.54) is 12.1 Å². The van der Waals surface area contributed by atoms with Crippen LogP contribution in [0.3, 0.4) is 0 Å². The highest BCUT2D eigenvalue weighted by Crippen LogP contribution is 2.22. The first-order valence-electron chi connectivity index (χ1n) is 4.91. The number of nitrogens with two attached hydrogens (primary N) is 1. The van der Waals surface area contributed by atoms with Crippen LogP contribution in [0.15, 0.2) is 23.1 Å². The molecule has 0 amide bonds. The predicted molar refractivity (Wildman–Crippen MR) is 69.1 cm³/mol. The lowest BCUT2D eigenvalue weighted by Crippen LogP contribution is -2.25. The molecular weight excluding hydrogens is 260 g/mol. The van der Waals surface area contributed by atoms with Gasteiger partial charge in [0.15, 0.2) is 0 Å². The number of rotatable bonds is 4. The summed E-state index contributed by atoms with van der Waals surface area (Å²) in [4.78, 5) is -0.00513. The molecule has 0 aromatic heterocycles. The molecule has 0 saturated heterocycles.